The molecule has 3 rings (SSSR count). The number of piperidine rings is 1. The van der Waals surface area contributed by atoms with E-state index in [1.165, 1.54) is 26.4 Å². The molecule has 17 heavy (non-hydrogen) atoms. The SMILES string of the molecule is COc1nc(NN)nc(N2CC3CCC2C3)n1. The van der Waals surface area contributed by atoms with Crippen molar-refractivity contribution in [3.8, 4) is 6.01 Å². The topological polar surface area (TPSA) is 89.2 Å². The first-order valence-electron chi connectivity index (χ1n) is 5.83. The van der Waals surface area contributed by atoms with Crippen LogP contribution in [0, 0.1) is 5.92 Å². The second-order valence-corrected chi connectivity index (χ2v) is 4.58. The van der Waals surface area contributed by atoms with Crippen LogP contribution < -0.4 is 20.9 Å². The average molecular weight is 236 g/mol. The monoisotopic (exact) mass is 236 g/mol. The number of anilines is 2. The number of hydrogen-bond donors (Lipinski definition) is 2. The third kappa shape index (κ3) is 1.76. The molecule has 2 fully saturated rings. The van der Waals surface area contributed by atoms with Crippen LogP contribution in [0.15, 0.2) is 0 Å². The third-order valence-electron chi connectivity index (χ3n) is 3.58. The van der Waals surface area contributed by atoms with Gasteiger partial charge in [0.05, 0.1) is 7.11 Å². The van der Waals surface area contributed by atoms with Gasteiger partial charge >= 0.3 is 6.01 Å². The Morgan fingerprint density at radius 3 is 2.82 bits per heavy atom. The molecule has 2 aliphatic rings. The number of rotatable bonds is 3. The van der Waals surface area contributed by atoms with Gasteiger partial charge in [-0.05, 0) is 25.2 Å². The Morgan fingerprint density at radius 1 is 1.35 bits per heavy atom. The highest BCUT2D eigenvalue weighted by molar-refractivity contribution is 5.41. The standard InChI is InChI=1S/C10H16N6O/c1-17-10-13-8(15-11)12-9(14-10)16-5-6-2-3-7(16)4-6/h6-7H,2-5,11H2,1H3,(H,12,13,14,15). The molecule has 1 aliphatic carbocycles. The predicted octanol–water partition coefficient (Wildman–Crippen LogP) is 0.154. The van der Waals surface area contributed by atoms with E-state index in [1.807, 2.05) is 0 Å². The van der Waals surface area contributed by atoms with Gasteiger partial charge in [-0.25, -0.2) is 5.84 Å². The number of nitrogens with two attached hydrogens (primary N) is 1. The first-order chi connectivity index (χ1) is 8.30. The number of ether oxygens (including phenoxy) is 1. The van der Waals surface area contributed by atoms with Gasteiger partial charge in [-0.15, -0.1) is 0 Å². The van der Waals surface area contributed by atoms with Crippen LogP contribution in [-0.2, 0) is 0 Å². The molecular weight excluding hydrogens is 220 g/mol. The summed E-state index contributed by atoms with van der Waals surface area (Å²) in [6.45, 7) is 1.03. The minimum Gasteiger partial charge on any atom is -0.467 e. The summed E-state index contributed by atoms with van der Waals surface area (Å²) in [6.07, 6.45) is 3.80. The number of aromatic nitrogens is 3. The number of hydrazine groups is 1. The summed E-state index contributed by atoms with van der Waals surface area (Å²) < 4.78 is 5.05. The summed E-state index contributed by atoms with van der Waals surface area (Å²) in [5.74, 6) is 7.14. The fraction of sp³-hybridized carbons (Fsp3) is 0.700. The largest absolute Gasteiger partial charge is 0.467 e. The van der Waals surface area contributed by atoms with Crippen LogP contribution in [0.4, 0.5) is 11.9 Å². The van der Waals surface area contributed by atoms with Gasteiger partial charge < -0.3 is 9.64 Å². The zero-order chi connectivity index (χ0) is 11.8. The van der Waals surface area contributed by atoms with E-state index in [1.54, 1.807) is 0 Å². The van der Waals surface area contributed by atoms with Crippen molar-refractivity contribution in [2.75, 3.05) is 24.0 Å². The zero-order valence-corrected chi connectivity index (χ0v) is 9.76. The molecular formula is C10H16N6O. The number of nitrogen functional groups attached to an aromatic ring is 1. The van der Waals surface area contributed by atoms with Crippen LogP contribution in [-0.4, -0.2) is 34.6 Å². The maximum Gasteiger partial charge on any atom is 0.322 e. The number of methoxy groups -OCH3 is 1. The Kier molecular flexibility index (Phi) is 2.47. The molecule has 7 nitrogen and oxygen atoms in total. The fourth-order valence-electron chi connectivity index (χ4n) is 2.80. The van der Waals surface area contributed by atoms with Crippen molar-refractivity contribution >= 4 is 11.9 Å². The minimum absolute atomic E-state index is 0.297. The van der Waals surface area contributed by atoms with Gasteiger partial charge in [-0.1, -0.05) is 0 Å². The lowest BCUT2D eigenvalue weighted by atomic mass is 10.1. The van der Waals surface area contributed by atoms with E-state index in [2.05, 4.69) is 25.3 Å². The molecule has 2 heterocycles. The summed E-state index contributed by atoms with van der Waals surface area (Å²) in [5, 5.41) is 0. The molecule has 2 bridgehead atoms. The second kappa shape index (κ2) is 3.99. The van der Waals surface area contributed by atoms with Crippen molar-refractivity contribution in [3.63, 3.8) is 0 Å². The second-order valence-electron chi connectivity index (χ2n) is 4.58. The van der Waals surface area contributed by atoms with Crippen LogP contribution in [0.3, 0.4) is 0 Å². The zero-order valence-electron chi connectivity index (χ0n) is 9.76. The molecule has 2 atom stereocenters. The maximum absolute atomic E-state index is 5.34. The molecule has 0 amide bonds. The van der Waals surface area contributed by atoms with Crippen molar-refractivity contribution in [1.82, 2.24) is 15.0 Å². The van der Waals surface area contributed by atoms with Crippen LogP contribution in [0.1, 0.15) is 19.3 Å². The molecule has 1 aliphatic heterocycles. The average Bonchev–Trinajstić information content (AvgIpc) is 3.00. The fourth-order valence-corrected chi connectivity index (χ4v) is 2.80. The Morgan fingerprint density at radius 2 is 2.24 bits per heavy atom. The number of nitrogens with zero attached hydrogens (tertiary/aromatic N) is 4. The number of fused-ring (bicyclic) bond motifs is 2. The normalized spacial score (nSPS) is 26.4. The van der Waals surface area contributed by atoms with Crippen molar-refractivity contribution in [3.05, 3.63) is 0 Å². The Bertz CT molecular complexity index is 403. The first-order valence-corrected chi connectivity index (χ1v) is 5.83. The van der Waals surface area contributed by atoms with E-state index in [0.29, 0.717) is 23.9 Å². The highest BCUT2D eigenvalue weighted by atomic mass is 16.5. The van der Waals surface area contributed by atoms with Gasteiger partial charge in [-0.3, -0.25) is 5.43 Å². The predicted molar refractivity (Wildman–Crippen MR) is 62.7 cm³/mol. The molecule has 0 radical (unpaired) electrons. The van der Waals surface area contributed by atoms with Gasteiger partial charge in [0.25, 0.3) is 0 Å². The van der Waals surface area contributed by atoms with Gasteiger partial charge in [0.2, 0.25) is 11.9 Å². The summed E-state index contributed by atoms with van der Waals surface area (Å²) in [7, 11) is 1.54. The van der Waals surface area contributed by atoms with Crippen LogP contribution in [0.25, 0.3) is 0 Å². The van der Waals surface area contributed by atoms with Crippen LogP contribution >= 0.6 is 0 Å². The van der Waals surface area contributed by atoms with Crippen molar-refractivity contribution in [1.29, 1.82) is 0 Å². The smallest absolute Gasteiger partial charge is 0.322 e. The molecule has 1 aromatic rings. The Balaban J connectivity index is 1.91. The summed E-state index contributed by atoms with van der Waals surface area (Å²) in [6, 6.07) is 0.864. The molecule has 1 saturated heterocycles. The molecule has 92 valence electrons. The Hall–Kier alpha value is -1.63. The molecule has 0 spiro atoms. The van der Waals surface area contributed by atoms with E-state index in [4.69, 9.17) is 10.6 Å². The highest BCUT2D eigenvalue weighted by Crippen LogP contribution is 2.39. The van der Waals surface area contributed by atoms with Crippen LogP contribution in [0.5, 0.6) is 6.01 Å². The summed E-state index contributed by atoms with van der Waals surface area (Å²) >= 11 is 0. The van der Waals surface area contributed by atoms with Crippen molar-refractivity contribution < 1.29 is 4.74 Å². The maximum atomic E-state index is 5.34. The summed E-state index contributed by atoms with van der Waals surface area (Å²) in [4.78, 5) is 14.8. The van der Waals surface area contributed by atoms with E-state index in [0.717, 1.165) is 12.5 Å². The van der Waals surface area contributed by atoms with E-state index in [9.17, 15) is 0 Å². The number of nitrogens with one attached hydrogen (secondary N) is 1. The van der Waals surface area contributed by atoms with Crippen molar-refractivity contribution in [2.24, 2.45) is 11.8 Å². The van der Waals surface area contributed by atoms with Gasteiger partial charge in [0.15, 0.2) is 0 Å². The number of hydrogen-bond acceptors (Lipinski definition) is 7. The lowest BCUT2D eigenvalue weighted by molar-refractivity contribution is 0.378. The Labute approximate surface area is 99.4 Å². The van der Waals surface area contributed by atoms with Crippen molar-refractivity contribution in [2.45, 2.75) is 25.3 Å². The quantitative estimate of drug-likeness (QED) is 0.570. The van der Waals surface area contributed by atoms with E-state index < -0.39 is 0 Å². The third-order valence-corrected chi connectivity index (χ3v) is 3.58. The molecule has 7 heteroatoms. The van der Waals surface area contributed by atoms with Gasteiger partial charge in [0, 0.05) is 12.6 Å². The van der Waals surface area contributed by atoms with E-state index >= 15 is 0 Å². The minimum atomic E-state index is 0.297. The van der Waals surface area contributed by atoms with Gasteiger partial charge in [0.1, 0.15) is 0 Å². The van der Waals surface area contributed by atoms with Gasteiger partial charge in [-0.2, -0.15) is 15.0 Å². The lowest BCUT2D eigenvalue weighted by Crippen LogP contribution is -2.33. The molecule has 0 aromatic carbocycles. The molecule has 1 saturated carbocycles. The first kappa shape index (κ1) is 10.5. The summed E-state index contributed by atoms with van der Waals surface area (Å²) in [5.41, 5.74) is 2.44. The molecule has 1 aromatic heterocycles. The molecule has 3 N–H and O–H groups in total. The lowest BCUT2D eigenvalue weighted by Gasteiger charge is -2.26. The highest BCUT2D eigenvalue weighted by Gasteiger charge is 2.39. The van der Waals surface area contributed by atoms with E-state index in [-0.39, 0.29) is 0 Å². The molecule has 2 unspecified atom stereocenters. The van der Waals surface area contributed by atoms with Crippen LogP contribution in [0.2, 0.25) is 0 Å².